The van der Waals surface area contributed by atoms with Gasteiger partial charge in [0.2, 0.25) is 0 Å². The average molecular weight is 292 g/mol. The molecule has 120 valence electrons. The van der Waals surface area contributed by atoms with Crippen LogP contribution in [0.25, 0.3) is 0 Å². The van der Waals surface area contributed by atoms with Crippen LogP contribution < -0.4 is 0 Å². The van der Waals surface area contributed by atoms with Crippen LogP contribution in [0.15, 0.2) is 0 Å². The van der Waals surface area contributed by atoms with E-state index in [1.807, 2.05) is 20.8 Å². The fourth-order valence-electron chi connectivity index (χ4n) is 2.20. The smallest absolute Gasteiger partial charge is 0.303 e. The van der Waals surface area contributed by atoms with Crippen LogP contribution in [-0.4, -0.2) is 59.4 Å². The van der Waals surface area contributed by atoms with Gasteiger partial charge in [0.25, 0.3) is 0 Å². The van der Waals surface area contributed by atoms with Crippen LogP contribution in [0.4, 0.5) is 0 Å². The zero-order chi connectivity index (χ0) is 15.8. The predicted molar refractivity (Wildman–Crippen MR) is 74.3 cm³/mol. The van der Waals surface area contributed by atoms with Gasteiger partial charge < -0.3 is 25.2 Å². The van der Waals surface area contributed by atoms with Gasteiger partial charge in [0, 0.05) is 6.42 Å². The van der Waals surface area contributed by atoms with Gasteiger partial charge in [-0.3, -0.25) is 4.79 Å². The molecule has 4 N–H and O–H groups in total. The molecule has 0 aliphatic rings. The molecule has 1 atom stereocenters. The Hall–Kier alpha value is -0.690. The van der Waals surface area contributed by atoms with Crippen molar-refractivity contribution < 1.29 is 30.0 Å². The Morgan fingerprint density at radius 1 is 1.10 bits per heavy atom. The summed E-state index contributed by atoms with van der Waals surface area (Å²) in [5, 5.41) is 36.3. The number of aliphatic hydroxyl groups excluding tert-OH is 3. The van der Waals surface area contributed by atoms with Gasteiger partial charge >= 0.3 is 5.97 Å². The zero-order valence-electron chi connectivity index (χ0n) is 12.6. The molecule has 0 spiro atoms. The molecule has 0 saturated heterocycles. The Labute approximate surface area is 120 Å². The second kappa shape index (κ2) is 8.56. The molecule has 0 saturated carbocycles. The molecule has 0 aromatic rings. The highest BCUT2D eigenvalue weighted by Crippen LogP contribution is 2.28. The van der Waals surface area contributed by atoms with Crippen molar-refractivity contribution >= 4 is 5.97 Å². The van der Waals surface area contributed by atoms with Gasteiger partial charge in [-0.1, -0.05) is 20.8 Å². The number of carbonyl (C=O) groups is 1. The Morgan fingerprint density at radius 2 is 1.60 bits per heavy atom. The summed E-state index contributed by atoms with van der Waals surface area (Å²) in [4.78, 5) is 10.6. The monoisotopic (exact) mass is 292 g/mol. The van der Waals surface area contributed by atoms with Gasteiger partial charge in [-0.15, -0.1) is 0 Å². The SMILES string of the molecule is CC(CC(=O)O)CC(C)(C)COCC(CO)(CO)CO. The highest BCUT2D eigenvalue weighted by atomic mass is 16.5. The first kappa shape index (κ1) is 19.3. The zero-order valence-corrected chi connectivity index (χ0v) is 12.6. The molecule has 0 aliphatic heterocycles. The van der Waals surface area contributed by atoms with E-state index in [1.165, 1.54) is 0 Å². The largest absolute Gasteiger partial charge is 0.481 e. The Morgan fingerprint density at radius 3 is 2.00 bits per heavy atom. The predicted octanol–water partition coefficient (Wildman–Crippen LogP) is 0.493. The van der Waals surface area contributed by atoms with Crippen LogP contribution in [-0.2, 0) is 9.53 Å². The van der Waals surface area contributed by atoms with Gasteiger partial charge in [0.15, 0.2) is 0 Å². The minimum atomic E-state index is -1.03. The minimum absolute atomic E-state index is 0.0457. The summed E-state index contributed by atoms with van der Waals surface area (Å²) in [5.41, 5.74) is -1.23. The molecular weight excluding hydrogens is 264 g/mol. The van der Waals surface area contributed by atoms with Gasteiger partial charge in [-0.2, -0.15) is 0 Å². The fraction of sp³-hybridized carbons (Fsp3) is 0.929. The average Bonchev–Trinajstić information content (AvgIpc) is 2.33. The summed E-state index contributed by atoms with van der Waals surface area (Å²) >= 11 is 0. The number of aliphatic carboxylic acids is 1. The van der Waals surface area contributed by atoms with Crippen LogP contribution in [0.5, 0.6) is 0 Å². The van der Waals surface area contributed by atoms with Crippen LogP contribution in [0, 0.1) is 16.7 Å². The van der Waals surface area contributed by atoms with Crippen molar-refractivity contribution in [2.45, 2.75) is 33.6 Å². The lowest BCUT2D eigenvalue weighted by Gasteiger charge is -2.31. The first-order valence-corrected chi connectivity index (χ1v) is 6.82. The van der Waals surface area contributed by atoms with Crippen LogP contribution >= 0.6 is 0 Å². The summed E-state index contributed by atoms with van der Waals surface area (Å²) in [6.45, 7) is 5.22. The molecule has 1 unspecified atom stereocenters. The van der Waals surface area contributed by atoms with E-state index in [2.05, 4.69) is 0 Å². The first-order valence-electron chi connectivity index (χ1n) is 6.82. The maximum atomic E-state index is 10.6. The van der Waals surface area contributed by atoms with Gasteiger partial charge in [-0.25, -0.2) is 0 Å². The molecule has 0 aliphatic carbocycles. The van der Waals surface area contributed by atoms with Crippen LogP contribution in [0.1, 0.15) is 33.6 Å². The second-order valence-electron chi connectivity index (χ2n) is 6.54. The summed E-state index contributed by atoms with van der Waals surface area (Å²) in [5.74, 6) is -0.765. The number of aliphatic hydroxyl groups is 3. The van der Waals surface area contributed by atoms with Crippen molar-refractivity contribution in [1.82, 2.24) is 0 Å². The number of hydrogen-bond donors (Lipinski definition) is 4. The van der Waals surface area contributed by atoms with E-state index in [9.17, 15) is 20.1 Å². The lowest BCUT2D eigenvalue weighted by atomic mass is 9.83. The van der Waals surface area contributed by atoms with Crippen molar-refractivity contribution in [2.75, 3.05) is 33.0 Å². The molecule has 0 radical (unpaired) electrons. The second-order valence-corrected chi connectivity index (χ2v) is 6.54. The van der Waals surface area contributed by atoms with Gasteiger partial charge in [-0.05, 0) is 17.8 Å². The van der Waals surface area contributed by atoms with Gasteiger partial charge in [0.1, 0.15) is 0 Å². The normalized spacial score (nSPS) is 14.3. The van der Waals surface area contributed by atoms with Crippen molar-refractivity contribution in [2.24, 2.45) is 16.7 Å². The third kappa shape index (κ3) is 7.19. The molecule has 0 aromatic heterocycles. The number of carboxylic acid groups (broad SMARTS) is 1. The maximum absolute atomic E-state index is 10.6. The van der Waals surface area contributed by atoms with Gasteiger partial charge in [0.05, 0.1) is 38.4 Å². The third-order valence-electron chi connectivity index (χ3n) is 3.33. The van der Waals surface area contributed by atoms with E-state index >= 15 is 0 Å². The van der Waals surface area contributed by atoms with Crippen molar-refractivity contribution in [3.05, 3.63) is 0 Å². The van der Waals surface area contributed by atoms with Crippen LogP contribution in [0.3, 0.4) is 0 Å². The Kier molecular flexibility index (Phi) is 8.27. The highest BCUT2D eigenvalue weighted by Gasteiger charge is 2.30. The Bertz CT molecular complexity index is 277. The first-order chi connectivity index (χ1) is 9.20. The summed E-state index contributed by atoms with van der Waals surface area (Å²) in [6.07, 6.45) is 0.820. The number of hydrogen-bond acceptors (Lipinski definition) is 5. The van der Waals surface area contributed by atoms with E-state index in [0.29, 0.717) is 13.0 Å². The summed E-state index contributed by atoms with van der Waals surface area (Å²) in [7, 11) is 0. The number of carboxylic acids is 1. The third-order valence-corrected chi connectivity index (χ3v) is 3.33. The van der Waals surface area contributed by atoms with E-state index in [1.54, 1.807) is 0 Å². The molecule has 20 heavy (non-hydrogen) atoms. The van der Waals surface area contributed by atoms with Crippen molar-refractivity contribution in [3.8, 4) is 0 Å². The molecule has 0 bridgehead atoms. The lowest BCUT2D eigenvalue weighted by molar-refractivity contribution is -0.138. The molecule has 0 fully saturated rings. The molecule has 0 heterocycles. The summed E-state index contributed by atoms with van der Waals surface area (Å²) in [6, 6.07) is 0. The molecule has 0 aromatic carbocycles. The molecule has 0 amide bonds. The van der Waals surface area contributed by atoms with E-state index in [-0.39, 0.29) is 44.2 Å². The highest BCUT2D eigenvalue weighted by molar-refractivity contribution is 5.66. The number of ether oxygens (including phenoxy) is 1. The van der Waals surface area contributed by atoms with Crippen molar-refractivity contribution in [1.29, 1.82) is 0 Å². The minimum Gasteiger partial charge on any atom is -0.481 e. The standard InChI is InChI=1S/C14H28O6/c1-11(4-12(18)19)5-13(2,3)9-20-10-14(6-15,7-16)8-17/h11,15-17H,4-10H2,1-3H3,(H,18,19). The van der Waals surface area contributed by atoms with E-state index in [0.717, 1.165) is 0 Å². The topological polar surface area (TPSA) is 107 Å². The maximum Gasteiger partial charge on any atom is 0.303 e. The molecular formula is C14H28O6. The Balaban J connectivity index is 4.24. The molecule has 6 nitrogen and oxygen atoms in total. The molecule has 0 rings (SSSR count). The molecule has 6 heteroatoms. The van der Waals surface area contributed by atoms with E-state index < -0.39 is 11.4 Å². The van der Waals surface area contributed by atoms with E-state index in [4.69, 9.17) is 9.84 Å². The lowest BCUT2D eigenvalue weighted by Crippen LogP contribution is -2.39. The quantitative estimate of drug-likeness (QED) is 0.441. The number of rotatable bonds is 11. The summed E-state index contributed by atoms with van der Waals surface area (Å²) < 4.78 is 5.52. The van der Waals surface area contributed by atoms with Crippen LogP contribution in [0.2, 0.25) is 0 Å². The fourth-order valence-corrected chi connectivity index (χ4v) is 2.20. The van der Waals surface area contributed by atoms with Crippen molar-refractivity contribution in [3.63, 3.8) is 0 Å².